The first-order valence-corrected chi connectivity index (χ1v) is 5.21. The third-order valence-electron chi connectivity index (χ3n) is 2.40. The summed E-state index contributed by atoms with van der Waals surface area (Å²) in [5.74, 6) is 0.360. The summed E-state index contributed by atoms with van der Waals surface area (Å²) in [7, 11) is 0. The molecule has 1 saturated carbocycles. The van der Waals surface area contributed by atoms with Gasteiger partial charge in [-0.3, -0.25) is 0 Å². The van der Waals surface area contributed by atoms with E-state index < -0.39 is 6.09 Å². The zero-order chi connectivity index (χ0) is 10.1. The van der Waals surface area contributed by atoms with Crippen LogP contribution in [0.1, 0.15) is 17.9 Å². The van der Waals surface area contributed by atoms with Crippen LogP contribution in [0.3, 0.4) is 0 Å². The average Bonchev–Trinajstić information content (AvgIpc) is 2.84. The summed E-state index contributed by atoms with van der Waals surface area (Å²) in [4.78, 5) is 10.4. The van der Waals surface area contributed by atoms with Crippen LogP contribution in [0, 0.1) is 0 Å². The molecule has 0 aliphatic heterocycles. The van der Waals surface area contributed by atoms with Gasteiger partial charge in [0.05, 0.1) is 0 Å². The molecule has 3 nitrogen and oxygen atoms in total. The zero-order valence-corrected chi connectivity index (χ0v) is 8.99. The third kappa shape index (κ3) is 2.07. The minimum Gasteiger partial charge on any atom is -0.465 e. The third-order valence-corrected chi connectivity index (χ3v) is 2.93. The van der Waals surface area contributed by atoms with Gasteiger partial charge in [-0.15, -0.1) is 0 Å². The molecule has 14 heavy (non-hydrogen) atoms. The summed E-state index contributed by atoms with van der Waals surface area (Å²) in [6, 6.07) is 8.11. The second-order valence-corrected chi connectivity index (χ2v) is 4.37. The first kappa shape index (κ1) is 9.52. The summed E-state index contributed by atoms with van der Waals surface area (Å²) < 4.78 is 1.05. The number of hydrogen-bond donors (Lipinski definition) is 2. The molecule has 0 saturated heterocycles. The molecule has 1 unspecified atom stereocenters. The summed E-state index contributed by atoms with van der Waals surface area (Å²) in [5, 5.41) is 11.0. The van der Waals surface area contributed by atoms with Crippen LogP contribution in [0.15, 0.2) is 28.7 Å². The lowest BCUT2D eigenvalue weighted by atomic mass is 10.1. The minimum atomic E-state index is -0.936. The van der Waals surface area contributed by atoms with Gasteiger partial charge < -0.3 is 10.4 Å². The molecule has 1 aliphatic rings. The summed E-state index contributed by atoms with van der Waals surface area (Å²) in [6.45, 7) is 0. The van der Waals surface area contributed by atoms with Crippen molar-refractivity contribution in [3.63, 3.8) is 0 Å². The fraction of sp³-hybridized carbons (Fsp3) is 0.300. The Morgan fingerprint density at radius 3 is 2.64 bits per heavy atom. The van der Waals surface area contributed by atoms with Crippen LogP contribution in [0.5, 0.6) is 0 Å². The monoisotopic (exact) mass is 255 g/mol. The van der Waals surface area contributed by atoms with Crippen molar-refractivity contribution in [2.45, 2.75) is 18.4 Å². The first-order valence-electron chi connectivity index (χ1n) is 4.42. The maximum absolute atomic E-state index is 10.4. The van der Waals surface area contributed by atoms with E-state index in [1.165, 1.54) is 5.56 Å². The lowest BCUT2D eigenvalue weighted by Gasteiger charge is -2.00. The quantitative estimate of drug-likeness (QED) is 0.854. The smallest absolute Gasteiger partial charge is 0.404 e. The fourth-order valence-electron chi connectivity index (χ4n) is 1.59. The van der Waals surface area contributed by atoms with Gasteiger partial charge in [-0.2, -0.15) is 0 Å². The molecular weight excluding hydrogens is 246 g/mol. The summed E-state index contributed by atoms with van der Waals surface area (Å²) in [5.41, 5.74) is 1.20. The number of nitrogens with one attached hydrogen (secondary N) is 1. The molecule has 1 aromatic rings. The predicted molar refractivity (Wildman–Crippen MR) is 56.4 cm³/mol. The van der Waals surface area contributed by atoms with E-state index in [0.717, 1.165) is 10.9 Å². The van der Waals surface area contributed by atoms with E-state index in [9.17, 15) is 4.79 Å². The van der Waals surface area contributed by atoms with Gasteiger partial charge in [-0.05, 0) is 24.1 Å². The van der Waals surface area contributed by atoms with Crippen LogP contribution >= 0.6 is 15.9 Å². The molecule has 1 fully saturated rings. The maximum Gasteiger partial charge on any atom is 0.404 e. The van der Waals surface area contributed by atoms with Crippen LogP contribution in [0.4, 0.5) is 4.79 Å². The Labute approximate surface area is 90.3 Å². The van der Waals surface area contributed by atoms with Crippen molar-refractivity contribution >= 4 is 22.0 Å². The lowest BCUT2D eigenvalue weighted by Crippen LogP contribution is -2.24. The molecule has 74 valence electrons. The number of benzene rings is 1. The number of halogens is 1. The van der Waals surface area contributed by atoms with Crippen molar-refractivity contribution in [2.75, 3.05) is 0 Å². The summed E-state index contributed by atoms with van der Waals surface area (Å²) >= 11 is 3.36. The van der Waals surface area contributed by atoms with E-state index in [-0.39, 0.29) is 6.04 Å². The molecule has 2 rings (SSSR count). The van der Waals surface area contributed by atoms with Crippen LogP contribution in [-0.2, 0) is 0 Å². The van der Waals surface area contributed by atoms with Gasteiger partial charge in [-0.25, -0.2) is 4.79 Å². The van der Waals surface area contributed by atoms with Gasteiger partial charge in [0.1, 0.15) is 0 Å². The van der Waals surface area contributed by atoms with E-state index in [1.807, 2.05) is 24.3 Å². The molecule has 0 heterocycles. The average molecular weight is 256 g/mol. The van der Waals surface area contributed by atoms with Crippen LogP contribution in [0.2, 0.25) is 0 Å². The molecule has 0 aromatic heterocycles. The molecule has 1 amide bonds. The lowest BCUT2D eigenvalue weighted by molar-refractivity contribution is 0.193. The van der Waals surface area contributed by atoms with Crippen molar-refractivity contribution in [1.29, 1.82) is 0 Å². The highest BCUT2D eigenvalue weighted by atomic mass is 79.9. The van der Waals surface area contributed by atoms with Crippen LogP contribution < -0.4 is 5.32 Å². The van der Waals surface area contributed by atoms with E-state index in [1.54, 1.807) is 0 Å². The van der Waals surface area contributed by atoms with Crippen LogP contribution in [-0.4, -0.2) is 17.2 Å². The molecule has 1 aromatic carbocycles. The van der Waals surface area contributed by atoms with Crippen molar-refractivity contribution in [3.05, 3.63) is 34.3 Å². The second kappa shape index (κ2) is 3.61. The number of rotatable bonds is 2. The first-order chi connectivity index (χ1) is 6.66. The number of carboxylic acid groups (broad SMARTS) is 1. The predicted octanol–water partition coefficient (Wildman–Crippen LogP) is 2.57. The Bertz CT molecular complexity index is 350. The topological polar surface area (TPSA) is 49.3 Å². The van der Waals surface area contributed by atoms with Gasteiger partial charge >= 0.3 is 6.09 Å². The molecule has 1 aliphatic carbocycles. The molecule has 2 N–H and O–H groups in total. The molecule has 2 atom stereocenters. The molecule has 0 bridgehead atoms. The van der Waals surface area contributed by atoms with Crippen molar-refractivity contribution < 1.29 is 9.90 Å². The van der Waals surface area contributed by atoms with Gasteiger partial charge in [0.15, 0.2) is 0 Å². The van der Waals surface area contributed by atoms with Gasteiger partial charge in [0.2, 0.25) is 0 Å². The molecule has 4 heteroatoms. The summed E-state index contributed by atoms with van der Waals surface area (Å²) in [6.07, 6.45) is -0.0249. The number of carbonyl (C=O) groups is 1. The van der Waals surface area contributed by atoms with Gasteiger partial charge in [0.25, 0.3) is 0 Å². The highest BCUT2D eigenvalue weighted by molar-refractivity contribution is 9.10. The van der Waals surface area contributed by atoms with Crippen LogP contribution in [0.25, 0.3) is 0 Å². The largest absolute Gasteiger partial charge is 0.465 e. The number of hydrogen-bond acceptors (Lipinski definition) is 1. The molecule has 0 radical (unpaired) electrons. The SMILES string of the molecule is O=C(O)N[C@H]1CC1c1ccc(Br)cc1. The standard InChI is InChI=1S/C10H10BrNO2/c11-7-3-1-6(2-4-7)8-5-9(8)12-10(13)14/h1-4,8-9,12H,5H2,(H,13,14)/t8?,9-/m0/s1. The molecule has 0 spiro atoms. The Morgan fingerprint density at radius 2 is 2.07 bits per heavy atom. The van der Waals surface area contributed by atoms with Crippen molar-refractivity contribution in [3.8, 4) is 0 Å². The van der Waals surface area contributed by atoms with E-state index >= 15 is 0 Å². The fourth-order valence-corrected chi connectivity index (χ4v) is 1.86. The minimum absolute atomic E-state index is 0.105. The Balaban J connectivity index is 1.99. The van der Waals surface area contributed by atoms with Gasteiger partial charge in [0, 0.05) is 16.4 Å². The maximum atomic E-state index is 10.4. The highest BCUT2D eigenvalue weighted by Gasteiger charge is 2.39. The van der Waals surface area contributed by atoms with Crippen molar-refractivity contribution in [2.24, 2.45) is 0 Å². The Morgan fingerprint density at radius 1 is 1.43 bits per heavy atom. The Hall–Kier alpha value is -1.03. The van der Waals surface area contributed by atoms with Gasteiger partial charge in [-0.1, -0.05) is 28.1 Å². The van der Waals surface area contributed by atoms with E-state index in [0.29, 0.717) is 5.92 Å². The molecular formula is C10H10BrNO2. The second-order valence-electron chi connectivity index (χ2n) is 3.45. The normalized spacial score (nSPS) is 24.4. The van der Waals surface area contributed by atoms with E-state index in [4.69, 9.17) is 5.11 Å². The van der Waals surface area contributed by atoms with Crippen molar-refractivity contribution in [1.82, 2.24) is 5.32 Å². The highest BCUT2D eigenvalue weighted by Crippen LogP contribution is 2.40. The Kier molecular flexibility index (Phi) is 2.46. The van der Waals surface area contributed by atoms with E-state index in [2.05, 4.69) is 21.2 Å². The zero-order valence-electron chi connectivity index (χ0n) is 7.40. The number of amides is 1.